The van der Waals surface area contributed by atoms with Gasteiger partial charge in [-0.3, -0.25) is 9.59 Å². The zero-order chi connectivity index (χ0) is 20.6. The number of esters is 1. The molecule has 2 rings (SSSR count). The van der Waals surface area contributed by atoms with E-state index < -0.39 is 27.9 Å². The highest BCUT2D eigenvalue weighted by atomic mass is 32.2. The summed E-state index contributed by atoms with van der Waals surface area (Å²) in [6.07, 6.45) is 1.22. The molecule has 0 bridgehead atoms. The van der Waals surface area contributed by atoms with Crippen molar-refractivity contribution in [2.45, 2.75) is 44.0 Å². The molecule has 1 heterocycles. The predicted molar refractivity (Wildman–Crippen MR) is 103 cm³/mol. The van der Waals surface area contributed by atoms with Crippen molar-refractivity contribution in [3.05, 3.63) is 29.8 Å². The quantitative estimate of drug-likeness (QED) is 0.484. The molecular formula is C19H28N2O6S. The highest BCUT2D eigenvalue weighted by Crippen LogP contribution is 2.13. The van der Waals surface area contributed by atoms with Crippen LogP contribution in [0.1, 0.15) is 31.7 Å². The van der Waals surface area contributed by atoms with Crippen LogP contribution in [-0.4, -0.2) is 64.1 Å². The average Bonchev–Trinajstić information content (AvgIpc) is 2.68. The number of hydrogen-bond donors (Lipinski definition) is 1. The first-order chi connectivity index (χ1) is 13.3. The topological polar surface area (TPSA) is 102 Å². The number of hydrogen-bond acceptors (Lipinski definition) is 6. The Kier molecular flexibility index (Phi) is 8.40. The lowest BCUT2D eigenvalue weighted by molar-refractivity contribution is -0.148. The number of sulfonamides is 1. The van der Waals surface area contributed by atoms with Gasteiger partial charge in [-0.2, -0.15) is 4.72 Å². The van der Waals surface area contributed by atoms with Gasteiger partial charge >= 0.3 is 5.97 Å². The zero-order valence-corrected chi connectivity index (χ0v) is 17.2. The van der Waals surface area contributed by atoms with E-state index in [2.05, 4.69) is 4.72 Å². The number of amides is 1. The molecule has 9 heteroatoms. The maximum absolute atomic E-state index is 12.9. The van der Waals surface area contributed by atoms with Crippen molar-refractivity contribution in [3.8, 4) is 0 Å². The normalized spacial score (nSPS) is 15.9. The molecule has 1 amide bonds. The lowest BCUT2D eigenvalue weighted by Crippen LogP contribution is -2.52. The van der Waals surface area contributed by atoms with Crippen molar-refractivity contribution in [1.29, 1.82) is 0 Å². The van der Waals surface area contributed by atoms with E-state index in [4.69, 9.17) is 9.47 Å². The molecule has 0 radical (unpaired) electrons. The zero-order valence-electron chi connectivity index (χ0n) is 16.3. The summed E-state index contributed by atoms with van der Waals surface area (Å²) in [7, 11) is -3.97. The molecule has 1 saturated heterocycles. The first kappa shape index (κ1) is 22.3. The SMILES string of the molecule is CCCCOC(=O)CC(NS(=O)(=O)c1ccc(C)cc1)C(=O)N1CCOCC1. The van der Waals surface area contributed by atoms with Crippen LogP contribution in [0.3, 0.4) is 0 Å². The molecule has 1 aliphatic rings. The van der Waals surface area contributed by atoms with Crippen molar-refractivity contribution in [1.82, 2.24) is 9.62 Å². The predicted octanol–water partition coefficient (Wildman–Crippen LogP) is 1.23. The molecule has 0 aromatic heterocycles. The largest absolute Gasteiger partial charge is 0.466 e. The monoisotopic (exact) mass is 412 g/mol. The van der Waals surface area contributed by atoms with Gasteiger partial charge < -0.3 is 14.4 Å². The Balaban J connectivity index is 2.15. The van der Waals surface area contributed by atoms with Gasteiger partial charge in [0.1, 0.15) is 6.04 Å². The summed E-state index contributed by atoms with van der Waals surface area (Å²) in [5.41, 5.74) is 0.916. The second-order valence-electron chi connectivity index (χ2n) is 6.70. The van der Waals surface area contributed by atoms with E-state index in [1.807, 2.05) is 13.8 Å². The van der Waals surface area contributed by atoms with Crippen LogP contribution in [0.25, 0.3) is 0 Å². The summed E-state index contributed by atoms with van der Waals surface area (Å²) >= 11 is 0. The fourth-order valence-corrected chi connectivity index (χ4v) is 3.90. The first-order valence-electron chi connectivity index (χ1n) is 9.44. The number of morpholine rings is 1. The van der Waals surface area contributed by atoms with Crippen LogP contribution in [0.2, 0.25) is 0 Å². The van der Waals surface area contributed by atoms with E-state index in [1.54, 1.807) is 12.1 Å². The Bertz CT molecular complexity index is 757. The maximum Gasteiger partial charge on any atom is 0.307 e. The van der Waals surface area contributed by atoms with Crippen LogP contribution in [0, 0.1) is 6.92 Å². The van der Waals surface area contributed by atoms with Gasteiger partial charge in [-0.1, -0.05) is 31.0 Å². The minimum atomic E-state index is -3.97. The minimum absolute atomic E-state index is 0.0391. The number of unbranched alkanes of at least 4 members (excludes halogenated alkanes) is 1. The summed E-state index contributed by atoms with van der Waals surface area (Å²) in [6, 6.07) is 5.05. The van der Waals surface area contributed by atoms with E-state index in [9.17, 15) is 18.0 Å². The molecule has 28 heavy (non-hydrogen) atoms. The molecule has 1 aliphatic heterocycles. The lowest BCUT2D eigenvalue weighted by Gasteiger charge is -2.30. The van der Waals surface area contributed by atoms with Crippen LogP contribution in [-0.2, 0) is 29.1 Å². The molecule has 1 aromatic rings. The minimum Gasteiger partial charge on any atom is -0.466 e. The number of nitrogens with zero attached hydrogens (tertiary/aromatic N) is 1. The molecule has 0 aliphatic carbocycles. The van der Waals surface area contributed by atoms with Gasteiger partial charge in [-0.15, -0.1) is 0 Å². The lowest BCUT2D eigenvalue weighted by atomic mass is 10.2. The fraction of sp³-hybridized carbons (Fsp3) is 0.579. The fourth-order valence-electron chi connectivity index (χ4n) is 2.71. The molecule has 1 fully saturated rings. The smallest absolute Gasteiger partial charge is 0.307 e. The summed E-state index contributed by atoms with van der Waals surface area (Å²) in [5.74, 6) is -1.06. The van der Waals surface area contributed by atoms with Gasteiger partial charge in [-0.25, -0.2) is 8.42 Å². The number of carbonyl (C=O) groups excluding carboxylic acids is 2. The van der Waals surface area contributed by atoms with E-state index in [0.717, 1.165) is 12.0 Å². The molecule has 0 spiro atoms. The summed E-state index contributed by atoms with van der Waals surface area (Å²) in [6.45, 7) is 5.53. The van der Waals surface area contributed by atoms with Gasteiger partial charge in [0.05, 0.1) is 31.1 Å². The Hall–Kier alpha value is -1.97. The molecule has 156 valence electrons. The number of rotatable bonds is 9. The molecule has 0 saturated carbocycles. The van der Waals surface area contributed by atoms with E-state index in [0.29, 0.717) is 32.7 Å². The number of benzene rings is 1. The molecule has 1 aromatic carbocycles. The third-order valence-electron chi connectivity index (χ3n) is 4.38. The maximum atomic E-state index is 12.9. The second kappa shape index (κ2) is 10.5. The first-order valence-corrected chi connectivity index (χ1v) is 10.9. The van der Waals surface area contributed by atoms with Gasteiger partial charge in [0, 0.05) is 13.1 Å². The third kappa shape index (κ3) is 6.57. The highest BCUT2D eigenvalue weighted by molar-refractivity contribution is 7.89. The van der Waals surface area contributed by atoms with Gasteiger partial charge in [-0.05, 0) is 25.5 Å². The van der Waals surface area contributed by atoms with E-state index in [1.165, 1.54) is 17.0 Å². The molecule has 1 atom stereocenters. The molecule has 8 nitrogen and oxygen atoms in total. The molecule has 1 N–H and O–H groups in total. The Morgan fingerprint density at radius 3 is 2.46 bits per heavy atom. The highest BCUT2D eigenvalue weighted by Gasteiger charge is 2.32. The van der Waals surface area contributed by atoms with Crippen molar-refractivity contribution in [3.63, 3.8) is 0 Å². The number of nitrogens with one attached hydrogen (secondary N) is 1. The Labute approximate surface area is 166 Å². The van der Waals surface area contributed by atoms with E-state index in [-0.39, 0.29) is 17.9 Å². The third-order valence-corrected chi connectivity index (χ3v) is 5.87. The van der Waals surface area contributed by atoms with Gasteiger partial charge in [0.25, 0.3) is 0 Å². The standard InChI is InChI=1S/C19H28N2O6S/c1-3-4-11-27-18(22)14-17(19(23)21-9-12-26-13-10-21)20-28(24,25)16-7-5-15(2)6-8-16/h5-8,17,20H,3-4,9-14H2,1-2H3. The van der Waals surface area contributed by atoms with Gasteiger partial charge in [0.15, 0.2) is 0 Å². The van der Waals surface area contributed by atoms with Crippen molar-refractivity contribution >= 4 is 21.9 Å². The molecule has 1 unspecified atom stereocenters. The van der Waals surface area contributed by atoms with Crippen LogP contribution in [0.15, 0.2) is 29.2 Å². The van der Waals surface area contributed by atoms with Crippen LogP contribution < -0.4 is 4.72 Å². The Morgan fingerprint density at radius 2 is 1.86 bits per heavy atom. The number of aryl methyl sites for hydroxylation is 1. The Morgan fingerprint density at radius 1 is 1.21 bits per heavy atom. The van der Waals surface area contributed by atoms with Gasteiger partial charge in [0.2, 0.25) is 15.9 Å². The van der Waals surface area contributed by atoms with E-state index >= 15 is 0 Å². The number of carbonyl (C=O) groups is 2. The van der Waals surface area contributed by atoms with Crippen LogP contribution in [0.5, 0.6) is 0 Å². The van der Waals surface area contributed by atoms with Crippen molar-refractivity contribution in [2.24, 2.45) is 0 Å². The summed E-state index contributed by atoms with van der Waals surface area (Å²) in [4.78, 5) is 26.5. The number of ether oxygens (including phenoxy) is 2. The van der Waals surface area contributed by atoms with Crippen molar-refractivity contribution < 1.29 is 27.5 Å². The van der Waals surface area contributed by atoms with Crippen molar-refractivity contribution in [2.75, 3.05) is 32.9 Å². The van der Waals surface area contributed by atoms with Crippen LogP contribution in [0.4, 0.5) is 0 Å². The second-order valence-corrected chi connectivity index (χ2v) is 8.42. The molecular weight excluding hydrogens is 384 g/mol. The average molecular weight is 413 g/mol. The summed E-state index contributed by atoms with van der Waals surface area (Å²) in [5, 5.41) is 0. The summed E-state index contributed by atoms with van der Waals surface area (Å²) < 4.78 is 38.2. The van der Waals surface area contributed by atoms with Crippen LogP contribution >= 0.6 is 0 Å².